The van der Waals surface area contributed by atoms with Gasteiger partial charge in [-0.2, -0.15) is 0 Å². The summed E-state index contributed by atoms with van der Waals surface area (Å²) in [4.78, 5) is 1.55. The van der Waals surface area contributed by atoms with Crippen molar-refractivity contribution in [3.63, 3.8) is 0 Å². The molecule has 0 fully saturated rings. The van der Waals surface area contributed by atoms with E-state index in [1.165, 1.54) is 16.7 Å². The summed E-state index contributed by atoms with van der Waals surface area (Å²) in [5, 5.41) is 0. The van der Waals surface area contributed by atoms with E-state index in [0.29, 0.717) is 17.2 Å². The van der Waals surface area contributed by atoms with Gasteiger partial charge in [-0.3, -0.25) is 0 Å². The number of sulfonamides is 1. The van der Waals surface area contributed by atoms with E-state index in [9.17, 15) is 8.42 Å². The number of rotatable bonds is 6. The van der Waals surface area contributed by atoms with Crippen molar-refractivity contribution in [2.24, 2.45) is 0 Å². The van der Waals surface area contributed by atoms with Gasteiger partial charge in [-0.25, -0.2) is 13.1 Å². The van der Waals surface area contributed by atoms with E-state index in [0.717, 1.165) is 24.2 Å². The smallest absolute Gasteiger partial charge is 0.210 e. The maximum absolute atomic E-state index is 12.4. The van der Waals surface area contributed by atoms with Crippen LogP contribution >= 0.6 is 11.8 Å². The van der Waals surface area contributed by atoms with Gasteiger partial charge in [0.1, 0.15) is 0 Å². The molecule has 0 bridgehead atoms. The molecular formula is C18H21NO2S2. The number of benzene rings is 2. The highest BCUT2D eigenvalue weighted by Crippen LogP contribution is 2.24. The molecule has 0 saturated carbocycles. The monoisotopic (exact) mass is 347 g/mol. The third-order valence-corrected chi connectivity index (χ3v) is 6.54. The summed E-state index contributed by atoms with van der Waals surface area (Å²) in [5.41, 5.74) is 3.70. The Labute approximate surface area is 142 Å². The van der Waals surface area contributed by atoms with Gasteiger partial charge in [-0.05, 0) is 61.6 Å². The van der Waals surface area contributed by atoms with Crippen LogP contribution in [0.25, 0.3) is 0 Å². The normalized spacial score (nSPS) is 14.0. The second kappa shape index (κ2) is 7.07. The fraction of sp³-hybridized carbons (Fsp3) is 0.333. The Bertz CT molecular complexity index is 783. The molecule has 0 unspecified atom stereocenters. The van der Waals surface area contributed by atoms with E-state index in [-0.39, 0.29) is 0 Å². The first-order valence-electron chi connectivity index (χ1n) is 7.85. The zero-order valence-electron chi connectivity index (χ0n) is 13.2. The summed E-state index contributed by atoms with van der Waals surface area (Å²) < 4.78 is 27.4. The van der Waals surface area contributed by atoms with Crippen LogP contribution in [0.5, 0.6) is 0 Å². The lowest BCUT2D eigenvalue weighted by Gasteiger charge is -2.08. The molecule has 0 saturated heterocycles. The lowest BCUT2D eigenvalue weighted by molar-refractivity contribution is 0.584. The van der Waals surface area contributed by atoms with Crippen molar-refractivity contribution < 1.29 is 8.42 Å². The molecular weight excluding hydrogens is 326 g/mol. The fourth-order valence-electron chi connectivity index (χ4n) is 2.78. The van der Waals surface area contributed by atoms with E-state index in [1.54, 1.807) is 17.8 Å². The third kappa shape index (κ3) is 4.16. The van der Waals surface area contributed by atoms with Crippen LogP contribution in [-0.2, 0) is 22.9 Å². The van der Waals surface area contributed by atoms with Gasteiger partial charge in [0, 0.05) is 17.2 Å². The van der Waals surface area contributed by atoms with E-state index in [1.807, 2.05) is 12.1 Å². The molecule has 1 aliphatic rings. The second-order valence-corrected chi connectivity index (χ2v) is 8.78. The van der Waals surface area contributed by atoms with Crippen molar-refractivity contribution >= 4 is 21.8 Å². The summed E-state index contributed by atoms with van der Waals surface area (Å²) >= 11 is 1.66. The van der Waals surface area contributed by atoms with Crippen LogP contribution < -0.4 is 4.72 Å². The molecule has 0 spiro atoms. The van der Waals surface area contributed by atoms with Crippen LogP contribution in [0.4, 0.5) is 0 Å². The summed E-state index contributed by atoms with van der Waals surface area (Å²) in [6.07, 6.45) is 3.18. The molecule has 1 N–H and O–H groups in total. The maximum Gasteiger partial charge on any atom is 0.240 e. The number of nitrogens with one attached hydrogen (secondary N) is 1. The van der Waals surface area contributed by atoms with Crippen LogP contribution in [-0.4, -0.2) is 20.7 Å². The van der Waals surface area contributed by atoms with Gasteiger partial charge in [0.15, 0.2) is 0 Å². The SMILES string of the molecule is Cc1ccc(SCCNS(=O)(=O)c2ccc3c(c2)CCC3)cc1. The van der Waals surface area contributed by atoms with Crippen molar-refractivity contribution in [2.45, 2.75) is 36.0 Å². The third-order valence-electron chi connectivity index (χ3n) is 4.06. The molecule has 5 heteroatoms. The molecule has 2 aromatic rings. The highest BCUT2D eigenvalue weighted by molar-refractivity contribution is 7.99. The predicted octanol–water partition coefficient (Wildman–Crippen LogP) is 3.55. The summed E-state index contributed by atoms with van der Waals surface area (Å²) in [6, 6.07) is 13.8. The first kappa shape index (κ1) is 16.6. The molecule has 0 aliphatic heterocycles. The van der Waals surface area contributed by atoms with E-state index in [2.05, 4.69) is 35.9 Å². The first-order chi connectivity index (χ1) is 11.0. The van der Waals surface area contributed by atoms with E-state index in [4.69, 9.17) is 0 Å². The van der Waals surface area contributed by atoms with Crippen molar-refractivity contribution in [1.29, 1.82) is 0 Å². The van der Waals surface area contributed by atoms with Crippen molar-refractivity contribution in [3.8, 4) is 0 Å². The Hall–Kier alpha value is -1.30. The topological polar surface area (TPSA) is 46.2 Å². The second-order valence-electron chi connectivity index (χ2n) is 5.84. The number of thioether (sulfide) groups is 1. The Morgan fingerprint density at radius 2 is 1.78 bits per heavy atom. The van der Waals surface area contributed by atoms with Gasteiger partial charge >= 0.3 is 0 Å². The van der Waals surface area contributed by atoms with Gasteiger partial charge in [-0.1, -0.05) is 23.8 Å². The van der Waals surface area contributed by atoms with Crippen molar-refractivity contribution in [1.82, 2.24) is 4.72 Å². The Balaban J connectivity index is 1.55. The Morgan fingerprint density at radius 1 is 1.04 bits per heavy atom. The van der Waals surface area contributed by atoms with E-state index < -0.39 is 10.0 Å². The molecule has 0 amide bonds. The maximum atomic E-state index is 12.4. The van der Waals surface area contributed by atoms with Crippen LogP contribution in [0.15, 0.2) is 52.3 Å². The molecule has 3 rings (SSSR count). The molecule has 1 aliphatic carbocycles. The Morgan fingerprint density at radius 3 is 2.57 bits per heavy atom. The van der Waals surface area contributed by atoms with Crippen molar-refractivity contribution in [2.75, 3.05) is 12.3 Å². The van der Waals surface area contributed by atoms with Crippen LogP contribution in [0, 0.1) is 6.92 Å². The fourth-order valence-corrected chi connectivity index (χ4v) is 4.76. The van der Waals surface area contributed by atoms with Gasteiger partial charge in [0.25, 0.3) is 0 Å². The minimum atomic E-state index is -3.41. The van der Waals surface area contributed by atoms with Gasteiger partial charge in [0.05, 0.1) is 4.90 Å². The molecule has 2 aromatic carbocycles. The van der Waals surface area contributed by atoms with Crippen LogP contribution in [0.2, 0.25) is 0 Å². The lowest BCUT2D eigenvalue weighted by Crippen LogP contribution is -2.26. The quantitative estimate of drug-likeness (QED) is 0.642. The van der Waals surface area contributed by atoms with Crippen molar-refractivity contribution in [3.05, 3.63) is 59.2 Å². The summed E-state index contributed by atoms with van der Waals surface area (Å²) in [5.74, 6) is 0.716. The molecule has 0 atom stereocenters. The molecule has 23 heavy (non-hydrogen) atoms. The highest BCUT2D eigenvalue weighted by atomic mass is 32.2. The Kier molecular flexibility index (Phi) is 5.09. The molecule has 0 heterocycles. The average molecular weight is 348 g/mol. The molecule has 122 valence electrons. The first-order valence-corrected chi connectivity index (χ1v) is 10.3. The lowest BCUT2D eigenvalue weighted by atomic mass is 10.1. The van der Waals surface area contributed by atoms with Gasteiger partial charge in [0.2, 0.25) is 10.0 Å². The molecule has 3 nitrogen and oxygen atoms in total. The van der Waals surface area contributed by atoms with Gasteiger partial charge in [-0.15, -0.1) is 11.8 Å². The minimum Gasteiger partial charge on any atom is -0.210 e. The van der Waals surface area contributed by atoms with Crippen LogP contribution in [0.1, 0.15) is 23.1 Å². The predicted molar refractivity (Wildman–Crippen MR) is 95.6 cm³/mol. The molecule has 0 aromatic heterocycles. The zero-order valence-corrected chi connectivity index (χ0v) is 14.8. The number of hydrogen-bond donors (Lipinski definition) is 1. The highest BCUT2D eigenvalue weighted by Gasteiger charge is 2.17. The largest absolute Gasteiger partial charge is 0.240 e. The van der Waals surface area contributed by atoms with E-state index >= 15 is 0 Å². The zero-order chi connectivity index (χ0) is 16.3. The minimum absolute atomic E-state index is 0.387. The summed E-state index contributed by atoms with van der Waals surface area (Å²) in [7, 11) is -3.41. The number of aryl methyl sites for hydroxylation is 3. The standard InChI is InChI=1S/C18H21NO2S2/c1-14-5-8-17(9-6-14)22-12-11-19-23(20,21)18-10-7-15-3-2-4-16(15)13-18/h5-10,13,19H,2-4,11-12H2,1H3. The summed E-state index contributed by atoms with van der Waals surface area (Å²) in [6.45, 7) is 2.48. The molecule has 0 radical (unpaired) electrons. The average Bonchev–Trinajstić information content (AvgIpc) is 3.01. The number of fused-ring (bicyclic) bond motifs is 1. The number of hydrogen-bond acceptors (Lipinski definition) is 3. The van der Waals surface area contributed by atoms with Gasteiger partial charge < -0.3 is 0 Å². The van der Waals surface area contributed by atoms with Crippen LogP contribution in [0.3, 0.4) is 0 Å².